The number of hydrogen-bond donors (Lipinski definition) is 0. The van der Waals surface area contributed by atoms with Crippen molar-refractivity contribution in [3.05, 3.63) is 18.2 Å². The Hall–Kier alpha value is -1.16. The first-order chi connectivity index (χ1) is 6.76. The zero-order chi connectivity index (χ0) is 10.1. The maximum Gasteiger partial charge on any atom is 0.168 e. The molecule has 4 heteroatoms. The van der Waals surface area contributed by atoms with E-state index in [1.807, 2.05) is 31.5 Å². The van der Waals surface area contributed by atoms with Gasteiger partial charge in [0.1, 0.15) is 5.75 Å². The molecule has 0 fully saturated rings. The number of benzene rings is 1. The van der Waals surface area contributed by atoms with Crippen LogP contribution in [-0.4, -0.2) is 22.9 Å². The Morgan fingerprint density at radius 3 is 2.86 bits per heavy atom. The number of hydrogen-bond acceptors (Lipinski definition) is 3. The standard InChI is InChI=1S/C10H12N2OS/c1-12-9-6-7(13-2)4-5-8(9)11-10(12)14-3/h4-6H,1-3H3. The highest BCUT2D eigenvalue weighted by atomic mass is 32.2. The summed E-state index contributed by atoms with van der Waals surface area (Å²) in [6, 6.07) is 5.91. The van der Waals surface area contributed by atoms with Crippen molar-refractivity contribution < 1.29 is 4.74 Å². The normalized spacial score (nSPS) is 10.8. The van der Waals surface area contributed by atoms with Crippen LogP contribution in [0, 0.1) is 0 Å². The summed E-state index contributed by atoms with van der Waals surface area (Å²) in [6.45, 7) is 0. The summed E-state index contributed by atoms with van der Waals surface area (Å²) >= 11 is 1.65. The van der Waals surface area contributed by atoms with Gasteiger partial charge in [0.05, 0.1) is 18.1 Å². The van der Waals surface area contributed by atoms with Crippen molar-refractivity contribution in [1.82, 2.24) is 9.55 Å². The summed E-state index contributed by atoms with van der Waals surface area (Å²) in [4.78, 5) is 4.48. The second-order valence-corrected chi connectivity index (χ2v) is 3.79. The van der Waals surface area contributed by atoms with Crippen LogP contribution in [0.4, 0.5) is 0 Å². The monoisotopic (exact) mass is 208 g/mol. The number of imidazole rings is 1. The van der Waals surface area contributed by atoms with Crippen LogP contribution in [0.2, 0.25) is 0 Å². The molecule has 0 aliphatic carbocycles. The van der Waals surface area contributed by atoms with Crippen LogP contribution >= 0.6 is 11.8 Å². The zero-order valence-corrected chi connectivity index (χ0v) is 9.26. The molecule has 0 N–H and O–H groups in total. The van der Waals surface area contributed by atoms with Gasteiger partial charge in [0.25, 0.3) is 0 Å². The van der Waals surface area contributed by atoms with E-state index in [0.717, 1.165) is 21.9 Å². The number of methoxy groups -OCH3 is 1. The smallest absolute Gasteiger partial charge is 0.168 e. The van der Waals surface area contributed by atoms with Crippen molar-refractivity contribution >= 4 is 22.8 Å². The molecule has 0 unspecified atom stereocenters. The molecule has 0 atom stereocenters. The van der Waals surface area contributed by atoms with E-state index in [0.29, 0.717) is 0 Å². The number of rotatable bonds is 2. The van der Waals surface area contributed by atoms with E-state index < -0.39 is 0 Å². The fraction of sp³-hybridized carbons (Fsp3) is 0.300. The fourth-order valence-electron chi connectivity index (χ4n) is 1.46. The van der Waals surface area contributed by atoms with Crippen molar-refractivity contribution in [2.75, 3.05) is 13.4 Å². The van der Waals surface area contributed by atoms with Crippen LogP contribution in [0.15, 0.2) is 23.4 Å². The van der Waals surface area contributed by atoms with Crippen molar-refractivity contribution in [2.45, 2.75) is 5.16 Å². The minimum absolute atomic E-state index is 0.869. The van der Waals surface area contributed by atoms with Gasteiger partial charge in [-0.3, -0.25) is 0 Å². The van der Waals surface area contributed by atoms with Crippen LogP contribution in [-0.2, 0) is 7.05 Å². The maximum atomic E-state index is 5.17. The summed E-state index contributed by atoms with van der Waals surface area (Å²) in [5.74, 6) is 0.869. The minimum Gasteiger partial charge on any atom is -0.497 e. The van der Waals surface area contributed by atoms with Gasteiger partial charge in [-0.05, 0) is 18.4 Å². The van der Waals surface area contributed by atoms with Gasteiger partial charge in [-0.25, -0.2) is 4.98 Å². The maximum absolute atomic E-state index is 5.17. The van der Waals surface area contributed by atoms with E-state index in [1.54, 1.807) is 18.9 Å². The SMILES string of the molecule is COc1ccc2nc(SC)n(C)c2c1. The first-order valence-corrected chi connectivity index (χ1v) is 5.53. The van der Waals surface area contributed by atoms with Crippen LogP contribution in [0.3, 0.4) is 0 Å². The molecule has 2 rings (SSSR count). The van der Waals surface area contributed by atoms with Crippen LogP contribution < -0.4 is 4.74 Å². The average molecular weight is 208 g/mol. The minimum atomic E-state index is 0.869. The van der Waals surface area contributed by atoms with Gasteiger partial charge in [-0.15, -0.1) is 0 Å². The number of nitrogens with zero attached hydrogens (tertiary/aromatic N) is 2. The molecular formula is C10H12N2OS. The van der Waals surface area contributed by atoms with Crippen LogP contribution in [0.25, 0.3) is 11.0 Å². The highest BCUT2D eigenvalue weighted by molar-refractivity contribution is 7.98. The molecule has 74 valence electrons. The van der Waals surface area contributed by atoms with Gasteiger partial charge in [-0.2, -0.15) is 0 Å². The third kappa shape index (κ3) is 1.35. The highest BCUT2D eigenvalue weighted by Crippen LogP contribution is 2.24. The molecule has 0 amide bonds. The van der Waals surface area contributed by atoms with Gasteiger partial charge in [0.2, 0.25) is 0 Å². The molecule has 0 aliphatic heterocycles. The zero-order valence-electron chi connectivity index (χ0n) is 8.44. The van der Waals surface area contributed by atoms with Crippen molar-refractivity contribution in [3.8, 4) is 5.75 Å². The summed E-state index contributed by atoms with van der Waals surface area (Å²) < 4.78 is 7.24. The molecule has 0 saturated heterocycles. The Labute approximate surface area is 87.1 Å². The molecule has 0 spiro atoms. The quantitative estimate of drug-likeness (QED) is 0.709. The Kier molecular flexibility index (Phi) is 2.37. The summed E-state index contributed by atoms with van der Waals surface area (Å²) in [5.41, 5.74) is 2.12. The number of fused-ring (bicyclic) bond motifs is 1. The molecule has 0 radical (unpaired) electrons. The summed E-state index contributed by atoms with van der Waals surface area (Å²) in [7, 11) is 3.69. The lowest BCUT2D eigenvalue weighted by Gasteiger charge is -2.00. The molecule has 0 saturated carbocycles. The Morgan fingerprint density at radius 1 is 1.43 bits per heavy atom. The van der Waals surface area contributed by atoms with E-state index in [-0.39, 0.29) is 0 Å². The third-order valence-corrected chi connectivity index (χ3v) is 2.96. The lowest BCUT2D eigenvalue weighted by atomic mass is 10.3. The predicted octanol–water partition coefficient (Wildman–Crippen LogP) is 2.30. The van der Waals surface area contributed by atoms with Gasteiger partial charge in [0.15, 0.2) is 5.16 Å². The molecule has 2 aromatic rings. The summed E-state index contributed by atoms with van der Waals surface area (Å²) in [6.07, 6.45) is 2.03. The number of aryl methyl sites for hydroxylation is 1. The second kappa shape index (κ2) is 3.53. The van der Waals surface area contributed by atoms with Gasteiger partial charge in [0, 0.05) is 13.1 Å². The van der Waals surface area contributed by atoms with E-state index >= 15 is 0 Å². The van der Waals surface area contributed by atoms with E-state index in [4.69, 9.17) is 4.74 Å². The molecule has 3 nitrogen and oxygen atoms in total. The topological polar surface area (TPSA) is 27.1 Å². The van der Waals surface area contributed by atoms with Gasteiger partial charge >= 0.3 is 0 Å². The number of ether oxygens (including phenoxy) is 1. The van der Waals surface area contributed by atoms with Crippen molar-refractivity contribution in [3.63, 3.8) is 0 Å². The van der Waals surface area contributed by atoms with Crippen LogP contribution in [0.1, 0.15) is 0 Å². The molecule has 1 aromatic carbocycles. The third-order valence-electron chi connectivity index (χ3n) is 2.23. The lowest BCUT2D eigenvalue weighted by molar-refractivity contribution is 0.415. The Morgan fingerprint density at radius 2 is 2.21 bits per heavy atom. The molecular weight excluding hydrogens is 196 g/mol. The Balaban J connectivity index is 2.68. The fourth-order valence-corrected chi connectivity index (χ4v) is 2.02. The molecule has 0 aliphatic rings. The molecule has 0 bridgehead atoms. The second-order valence-electron chi connectivity index (χ2n) is 3.01. The summed E-state index contributed by atoms with van der Waals surface area (Å²) in [5, 5.41) is 1.02. The lowest BCUT2D eigenvalue weighted by Crippen LogP contribution is -1.89. The molecule has 1 aromatic heterocycles. The van der Waals surface area contributed by atoms with E-state index in [9.17, 15) is 0 Å². The van der Waals surface area contributed by atoms with Gasteiger partial charge < -0.3 is 9.30 Å². The first-order valence-electron chi connectivity index (χ1n) is 4.30. The number of thioether (sulfide) groups is 1. The average Bonchev–Trinajstić information content (AvgIpc) is 2.55. The van der Waals surface area contributed by atoms with Crippen molar-refractivity contribution in [1.29, 1.82) is 0 Å². The largest absolute Gasteiger partial charge is 0.497 e. The molecule has 14 heavy (non-hydrogen) atoms. The van der Waals surface area contributed by atoms with Crippen molar-refractivity contribution in [2.24, 2.45) is 7.05 Å². The van der Waals surface area contributed by atoms with E-state index in [2.05, 4.69) is 9.55 Å². The predicted molar refractivity (Wildman–Crippen MR) is 59.0 cm³/mol. The van der Waals surface area contributed by atoms with Crippen LogP contribution in [0.5, 0.6) is 5.75 Å². The Bertz CT molecular complexity index is 464. The molecule has 1 heterocycles. The highest BCUT2D eigenvalue weighted by Gasteiger charge is 2.06. The first kappa shape index (κ1) is 9.40. The number of aromatic nitrogens is 2. The van der Waals surface area contributed by atoms with Gasteiger partial charge in [-0.1, -0.05) is 11.8 Å². The van der Waals surface area contributed by atoms with E-state index in [1.165, 1.54) is 0 Å².